The molecule has 1 aliphatic rings. The van der Waals surface area contributed by atoms with Crippen LogP contribution < -0.4 is 5.32 Å². The minimum Gasteiger partial charge on any atom is -0.469 e. The molecule has 2 nitrogen and oxygen atoms in total. The molecule has 3 heteroatoms. The van der Waals surface area contributed by atoms with Crippen molar-refractivity contribution >= 4 is 11.6 Å². The molecular weight excluding hydrogens is 210 g/mol. The van der Waals surface area contributed by atoms with Gasteiger partial charge < -0.3 is 10.1 Å². The van der Waals surface area contributed by atoms with Gasteiger partial charge in [-0.05, 0) is 13.8 Å². The molecule has 1 atom stereocenters. The van der Waals surface area contributed by atoms with Gasteiger partial charge in [-0.1, -0.05) is 29.8 Å². The zero-order chi connectivity index (χ0) is 10.8. The third kappa shape index (κ3) is 2.10. The van der Waals surface area contributed by atoms with Crippen LogP contribution in [0.5, 0.6) is 0 Å². The van der Waals surface area contributed by atoms with Crippen molar-refractivity contribution in [1.29, 1.82) is 0 Å². The second-order valence-corrected chi connectivity index (χ2v) is 3.99. The van der Waals surface area contributed by atoms with Gasteiger partial charge in [0.25, 0.3) is 0 Å². The van der Waals surface area contributed by atoms with Gasteiger partial charge in [-0.15, -0.1) is 11.6 Å². The van der Waals surface area contributed by atoms with Gasteiger partial charge in [0, 0.05) is 5.56 Å². The highest BCUT2D eigenvalue weighted by molar-refractivity contribution is 6.19. The second kappa shape index (κ2) is 4.15. The molecule has 80 valence electrons. The molecule has 1 unspecified atom stereocenters. The third-order valence-electron chi connectivity index (χ3n) is 2.54. The van der Waals surface area contributed by atoms with E-state index in [-0.39, 0.29) is 6.23 Å². The number of alkyl halides is 1. The van der Waals surface area contributed by atoms with Crippen molar-refractivity contribution in [2.75, 3.05) is 5.88 Å². The number of nitrogens with one attached hydrogen (secondary N) is 1. The molecule has 0 aliphatic carbocycles. The summed E-state index contributed by atoms with van der Waals surface area (Å²) >= 11 is 5.78. The normalized spacial score (nSPS) is 20.1. The summed E-state index contributed by atoms with van der Waals surface area (Å²) in [6, 6.07) is 8.29. The van der Waals surface area contributed by atoms with E-state index in [2.05, 4.69) is 36.5 Å². The van der Waals surface area contributed by atoms with Crippen LogP contribution in [0.25, 0.3) is 0 Å². The fourth-order valence-corrected chi connectivity index (χ4v) is 1.83. The van der Waals surface area contributed by atoms with Crippen LogP contribution in [-0.2, 0) is 4.74 Å². The standard InChI is InChI=1S/C12H14ClNO/c1-8-3-5-10(6-4-8)12-14-11(7-13)9(2)15-12/h3-6,12,14H,7H2,1-2H3. The van der Waals surface area contributed by atoms with E-state index in [1.54, 1.807) is 0 Å². The zero-order valence-electron chi connectivity index (χ0n) is 8.88. The van der Waals surface area contributed by atoms with Gasteiger partial charge in [0.15, 0.2) is 6.23 Å². The Hall–Kier alpha value is -1.15. The van der Waals surface area contributed by atoms with Gasteiger partial charge in [-0.2, -0.15) is 0 Å². The van der Waals surface area contributed by atoms with Crippen LogP contribution in [0.4, 0.5) is 0 Å². The van der Waals surface area contributed by atoms with Crippen molar-refractivity contribution in [1.82, 2.24) is 5.32 Å². The predicted molar refractivity (Wildman–Crippen MR) is 61.6 cm³/mol. The Morgan fingerprint density at radius 3 is 2.47 bits per heavy atom. The lowest BCUT2D eigenvalue weighted by Crippen LogP contribution is -2.16. The third-order valence-corrected chi connectivity index (χ3v) is 2.81. The molecule has 0 fully saturated rings. The highest BCUT2D eigenvalue weighted by Crippen LogP contribution is 2.27. The lowest BCUT2D eigenvalue weighted by Gasteiger charge is -2.13. The number of rotatable bonds is 2. The maximum Gasteiger partial charge on any atom is 0.195 e. The fourth-order valence-electron chi connectivity index (χ4n) is 1.56. The summed E-state index contributed by atoms with van der Waals surface area (Å²) in [5, 5.41) is 3.25. The SMILES string of the molecule is CC1=C(CCl)NC(c2ccc(C)cc2)O1. The highest BCUT2D eigenvalue weighted by Gasteiger charge is 2.22. The summed E-state index contributed by atoms with van der Waals surface area (Å²) in [6.07, 6.45) is -0.0839. The first-order chi connectivity index (χ1) is 7.20. The monoisotopic (exact) mass is 223 g/mol. The van der Waals surface area contributed by atoms with E-state index in [1.807, 2.05) is 6.92 Å². The van der Waals surface area contributed by atoms with Gasteiger partial charge in [0.05, 0.1) is 11.6 Å². The quantitative estimate of drug-likeness (QED) is 0.778. The number of aryl methyl sites for hydroxylation is 1. The van der Waals surface area contributed by atoms with Gasteiger partial charge in [0.2, 0.25) is 0 Å². The van der Waals surface area contributed by atoms with Crippen LogP contribution >= 0.6 is 11.6 Å². The van der Waals surface area contributed by atoms with Crippen LogP contribution in [0.2, 0.25) is 0 Å². The van der Waals surface area contributed by atoms with Crippen LogP contribution in [-0.4, -0.2) is 5.88 Å². The molecule has 1 N–H and O–H groups in total. The smallest absolute Gasteiger partial charge is 0.195 e. The molecule has 1 aromatic carbocycles. The number of hydrogen-bond acceptors (Lipinski definition) is 2. The Morgan fingerprint density at radius 2 is 1.93 bits per heavy atom. The molecule has 0 spiro atoms. The Morgan fingerprint density at radius 1 is 1.27 bits per heavy atom. The molecule has 15 heavy (non-hydrogen) atoms. The highest BCUT2D eigenvalue weighted by atomic mass is 35.5. The number of halogens is 1. The summed E-state index contributed by atoms with van der Waals surface area (Å²) < 4.78 is 5.67. The van der Waals surface area contributed by atoms with Crippen molar-refractivity contribution in [3.05, 3.63) is 46.8 Å². The summed E-state index contributed by atoms with van der Waals surface area (Å²) in [4.78, 5) is 0. The molecule has 0 amide bonds. The lowest BCUT2D eigenvalue weighted by atomic mass is 10.1. The molecule has 0 saturated heterocycles. The molecule has 1 heterocycles. The Balaban J connectivity index is 2.13. The van der Waals surface area contributed by atoms with Gasteiger partial charge >= 0.3 is 0 Å². The van der Waals surface area contributed by atoms with Crippen LogP contribution in [0, 0.1) is 6.92 Å². The first kappa shape index (κ1) is 10.4. The Bertz CT molecular complexity index is 383. The number of benzene rings is 1. The molecular formula is C12H14ClNO. The summed E-state index contributed by atoms with van der Waals surface area (Å²) in [5.41, 5.74) is 3.35. The zero-order valence-corrected chi connectivity index (χ0v) is 9.64. The maximum atomic E-state index is 5.78. The van der Waals surface area contributed by atoms with E-state index in [4.69, 9.17) is 16.3 Å². The first-order valence-electron chi connectivity index (χ1n) is 4.96. The van der Waals surface area contributed by atoms with E-state index in [9.17, 15) is 0 Å². The molecule has 0 bridgehead atoms. The fraction of sp³-hybridized carbons (Fsp3) is 0.333. The molecule has 0 aromatic heterocycles. The molecule has 1 aliphatic heterocycles. The molecule has 2 rings (SSSR count). The van der Waals surface area contributed by atoms with E-state index in [0.29, 0.717) is 5.88 Å². The van der Waals surface area contributed by atoms with Crippen LogP contribution in [0.15, 0.2) is 35.7 Å². The minimum absolute atomic E-state index is 0.0839. The summed E-state index contributed by atoms with van der Waals surface area (Å²) in [7, 11) is 0. The summed E-state index contributed by atoms with van der Waals surface area (Å²) in [6.45, 7) is 4.00. The second-order valence-electron chi connectivity index (χ2n) is 3.72. The first-order valence-corrected chi connectivity index (χ1v) is 5.49. The number of ether oxygens (including phenoxy) is 1. The topological polar surface area (TPSA) is 21.3 Å². The van der Waals surface area contributed by atoms with E-state index < -0.39 is 0 Å². The van der Waals surface area contributed by atoms with Crippen LogP contribution in [0.1, 0.15) is 24.3 Å². The minimum atomic E-state index is -0.0839. The van der Waals surface area contributed by atoms with Gasteiger partial charge in [-0.3, -0.25) is 0 Å². The predicted octanol–water partition coefficient (Wildman–Crippen LogP) is 3.08. The Labute approximate surface area is 94.9 Å². The lowest BCUT2D eigenvalue weighted by molar-refractivity contribution is 0.130. The average Bonchev–Trinajstić information content (AvgIpc) is 2.61. The van der Waals surface area contributed by atoms with Crippen molar-refractivity contribution < 1.29 is 4.74 Å². The largest absolute Gasteiger partial charge is 0.469 e. The Kier molecular flexibility index (Phi) is 2.87. The van der Waals surface area contributed by atoms with E-state index >= 15 is 0 Å². The van der Waals surface area contributed by atoms with Gasteiger partial charge in [0.1, 0.15) is 5.76 Å². The van der Waals surface area contributed by atoms with Crippen molar-refractivity contribution in [3.8, 4) is 0 Å². The molecule has 0 saturated carbocycles. The maximum absolute atomic E-state index is 5.78. The van der Waals surface area contributed by atoms with Crippen molar-refractivity contribution in [2.45, 2.75) is 20.1 Å². The summed E-state index contributed by atoms with van der Waals surface area (Å²) in [5.74, 6) is 1.35. The van der Waals surface area contributed by atoms with E-state index in [0.717, 1.165) is 17.0 Å². The van der Waals surface area contributed by atoms with Crippen LogP contribution in [0.3, 0.4) is 0 Å². The number of allylic oxidation sites excluding steroid dienone is 2. The molecule has 0 radical (unpaired) electrons. The number of hydrogen-bond donors (Lipinski definition) is 1. The average molecular weight is 224 g/mol. The van der Waals surface area contributed by atoms with Crippen molar-refractivity contribution in [2.24, 2.45) is 0 Å². The van der Waals surface area contributed by atoms with E-state index in [1.165, 1.54) is 5.56 Å². The van der Waals surface area contributed by atoms with Crippen molar-refractivity contribution in [3.63, 3.8) is 0 Å². The molecule has 1 aromatic rings. The van der Waals surface area contributed by atoms with Gasteiger partial charge in [-0.25, -0.2) is 0 Å².